The molecule has 2 aromatic carbocycles. The number of benzene rings is 2. The minimum Gasteiger partial charge on any atom is -0.507 e. The number of phenols is 3. The van der Waals surface area contributed by atoms with Crippen LogP contribution in [0, 0.1) is 6.92 Å². The molecule has 2 aromatic heterocycles. The molecule has 0 aliphatic rings. The summed E-state index contributed by atoms with van der Waals surface area (Å²) in [5.41, 5.74) is 3.74. The summed E-state index contributed by atoms with van der Waals surface area (Å²) in [6.45, 7) is 3.99. The molecule has 0 aliphatic heterocycles. The third-order valence-corrected chi connectivity index (χ3v) is 5.39. The van der Waals surface area contributed by atoms with Crippen LogP contribution in [0.2, 0.25) is 0 Å². The second kappa shape index (κ2) is 9.15. The number of hydrogen-bond acceptors (Lipinski definition) is 7. The van der Waals surface area contributed by atoms with Crippen molar-refractivity contribution in [3.8, 4) is 28.5 Å². The average molecular weight is 434 g/mol. The Morgan fingerprint density at radius 3 is 2.62 bits per heavy atom. The van der Waals surface area contributed by atoms with Crippen LogP contribution in [-0.2, 0) is 6.54 Å². The quantitative estimate of drug-likeness (QED) is 0.248. The van der Waals surface area contributed by atoms with Gasteiger partial charge in [0, 0.05) is 35.8 Å². The van der Waals surface area contributed by atoms with Crippen molar-refractivity contribution >= 4 is 11.5 Å². The van der Waals surface area contributed by atoms with Crippen LogP contribution in [0.5, 0.6) is 17.2 Å². The highest BCUT2D eigenvalue weighted by Gasteiger charge is 2.13. The van der Waals surface area contributed by atoms with Crippen LogP contribution < -0.4 is 5.32 Å². The molecular weight excluding hydrogens is 406 g/mol. The Morgan fingerprint density at radius 1 is 1.03 bits per heavy atom. The molecule has 0 radical (unpaired) electrons. The molecule has 8 heteroatoms. The summed E-state index contributed by atoms with van der Waals surface area (Å²) in [7, 11) is 1.97. The maximum atomic E-state index is 10.3. The van der Waals surface area contributed by atoms with E-state index in [-0.39, 0.29) is 17.2 Å². The summed E-state index contributed by atoms with van der Waals surface area (Å²) in [6, 6.07) is 14.0. The average Bonchev–Trinajstić information content (AvgIpc) is 3.15. The molecule has 0 atom stereocenters. The fourth-order valence-electron chi connectivity index (χ4n) is 3.67. The minimum atomic E-state index is -0.103. The Hall–Kier alpha value is -3.78. The molecule has 0 unspecified atom stereocenters. The van der Waals surface area contributed by atoms with E-state index in [0.717, 1.165) is 30.0 Å². The highest BCUT2D eigenvalue weighted by Crippen LogP contribution is 2.30. The lowest BCUT2D eigenvalue weighted by Gasteiger charge is -2.18. The maximum absolute atomic E-state index is 10.3. The standard InChI is InChI=1S/C24H27N5O3/c1-16-14-26-29-22(13-19(27-24(16)29)18-8-3-4-9-20(18)30)25-11-6-12-28(2)15-17-7-5-10-21(31)23(17)32/h3-5,7-10,13-14,25,30-32H,6,11-12,15H2,1-2H3. The minimum absolute atomic E-state index is 0.0672. The van der Waals surface area contributed by atoms with Crippen molar-refractivity contribution in [3.05, 3.63) is 65.9 Å². The predicted octanol–water partition coefficient (Wildman–Crippen LogP) is 3.76. The van der Waals surface area contributed by atoms with E-state index in [1.807, 2.05) is 32.2 Å². The van der Waals surface area contributed by atoms with Gasteiger partial charge in [-0.05, 0) is 45.1 Å². The smallest absolute Gasteiger partial charge is 0.161 e. The van der Waals surface area contributed by atoms with E-state index < -0.39 is 0 Å². The molecule has 0 spiro atoms. The summed E-state index contributed by atoms with van der Waals surface area (Å²) in [5, 5.41) is 37.8. The summed E-state index contributed by atoms with van der Waals surface area (Å²) >= 11 is 0. The van der Waals surface area contributed by atoms with Crippen LogP contribution in [0.3, 0.4) is 0 Å². The van der Waals surface area contributed by atoms with Crippen molar-refractivity contribution in [1.29, 1.82) is 0 Å². The van der Waals surface area contributed by atoms with Gasteiger partial charge < -0.3 is 25.5 Å². The van der Waals surface area contributed by atoms with E-state index in [4.69, 9.17) is 4.98 Å². The lowest BCUT2D eigenvalue weighted by Crippen LogP contribution is -2.21. The molecular formula is C24H27N5O3. The van der Waals surface area contributed by atoms with Gasteiger partial charge >= 0.3 is 0 Å². The fraction of sp³-hybridized carbons (Fsp3) is 0.250. The number of fused-ring (bicyclic) bond motifs is 1. The molecule has 166 valence electrons. The lowest BCUT2D eigenvalue weighted by molar-refractivity contribution is 0.315. The zero-order valence-corrected chi connectivity index (χ0v) is 18.2. The fourth-order valence-corrected chi connectivity index (χ4v) is 3.67. The van der Waals surface area contributed by atoms with Crippen LogP contribution in [0.1, 0.15) is 17.5 Å². The number of rotatable bonds is 8. The zero-order valence-electron chi connectivity index (χ0n) is 18.2. The van der Waals surface area contributed by atoms with Gasteiger partial charge in [-0.1, -0.05) is 24.3 Å². The molecule has 2 heterocycles. The molecule has 0 fully saturated rings. The number of anilines is 1. The van der Waals surface area contributed by atoms with Crippen molar-refractivity contribution in [2.24, 2.45) is 0 Å². The summed E-state index contributed by atoms with van der Waals surface area (Å²) in [4.78, 5) is 6.78. The molecule has 0 saturated carbocycles. The summed E-state index contributed by atoms with van der Waals surface area (Å²) in [5.74, 6) is 0.815. The third kappa shape index (κ3) is 4.45. The van der Waals surface area contributed by atoms with E-state index in [1.165, 1.54) is 6.07 Å². The van der Waals surface area contributed by atoms with E-state index in [1.54, 1.807) is 35.0 Å². The molecule has 0 bridgehead atoms. The second-order valence-electron chi connectivity index (χ2n) is 7.91. The van der Waals surface area contributed by atoms with Gasteiger partial charge in [-0.2, -0.15) is 9.61 Å². The first kappa shape index (κ1) is 21.5. The molecule has 8 nitrogen and oxygen atoms in total. The van der Waals surface area contributed by atoms with Crippen LogP contribution in [0.4, 0.5) is 5.82 Å². The van der Waals surface area contributed by atoms with Gasteiger partial charge in [-0.15, -0.1) is 0 Å². The normalized spacial score (nSPS) is 11.3. The zero-order chi connectivity index (χ0) is 22.7. The SMILES string of the molecule is Cc1cnn2c(NCCCN(C)Cc3cccc(O)c3O)cc(-c3ccccc3O)nc12. The van der Waals surface area contributed by atoms with Gasteiger partial charge in [-0.25, -0.2) is 4.98 Å². The van der Waals surface area contributed by atoms with Crippen LogP contribution in [0.15, 0.2) is 54.7 Å². The summed E-state index contributed by atoms with van der Waals surface area (Å²) in [6.07, 6.45) is 2.63. The highest BCUT2D eigenvalue weighted by molar-refractivity contribution is 5.72. The molecule has 0 amide bonds. The van der Waals surface area contributed by atoms with Crippen LogP contribution >= 0.6 is 0 Å². The van der Waals surface area contributed by atoms with Crippen LogP contribution in [-0.4, -0.2) is 55.0 Å². The van der Waals surface area contributed by atoms with Gasteiger partial charge in [0.05, 0.1) is 11.9 Å². The number of aromatic nitrogens is 3. The number of aryl methyl sites for hydroxylation is 1. The number of nitrogens with one attached hydrogen (secondary N) is 1. The van der Waals surface area contributed by atoms with E-state index in [2.05, 4.69) is 15.3 Å². The molecule has 4 rings (SSSR count). The molecule has 4 aromatic rings. The van der Waals surface area contributed by atoms with Gasteiger partial charge in [0.2, 0.25) is 0 Å². The molecule has 0 saturated heterocycles. The molecule has 4 N–H and O–H groups in total. The topological polar surface area (TPSA) is 106 Å². The first-order chi connectivity index (χ1) is 15.4. The highest BCUT2D eigenvalue weighted by atomic mass is 16.3. The Bertz CT molecular complexity index is 1240. The number of para-hydroxylation sites is 2. The van der Waals surface area contributed by atoms with Gasteiger partial charge in [-0.3, -0.25) is 0 Å². The molecule has 0 aliphatic carbocycles. The Morgan fingerprint density at radius 2 is 1.81 bits per heavy atom. The first-order valence-corrected chi connectivity index (χ1v) is 10.5. The van der Waals surface area contributed by atoms with Crippen molar-refractivity contribution in [2.45, 2.75) is 19.9 Å². The van der Waals surface area contributed by atoms with E-state index in [0.29, 0.717) is 29.9 Å². The second-order valence-corrected chi connectivity index (χ2v) is 7.91. The number of hydrogen-bond donors (Lipinski definition) is 4. The van der Waals surface area contributed by atoms with Crippen molar-refractivity contribution in [1.82, 2.24) is 19.5 Å². The van der Waals surface area contributed by atoms with Crippen molar-refractivity contribution < 1.29 is 15.3 Å². The van der Waals surface area contributed by atoms with Gasteiger partial charge in [0.25, 0.3) is 0 Å². The predicted molar refractivity (Wildman–Crippen MR) is 124 cm³/mol. The first-order valence-electron chi connectivity index (χ1n) is 10.5. The van der Waals surface area contributed by atoms with E-state index in [9.17, 15) is 15.3 Å². The van der Waals surface area contributed by atoms with Gasteiger partial charge in [0.15, 0.2) is 17.1 Å². The number of nitrogens with zero attached hydrogens (tertiary/aromatic N) is 4. The van der Waals surface area contributed by atoms with Crippen molar-refractivity contribution in [3.63, 3.8) is 0 Å². The van der Waals surface area contributed by atoms with Gasteiger partial charge in [0.1, 0.15) is 11.6 Å². The lowest BCUT2D eigenvalue weighted by atomic mass is 10.1. The monoisotopic (exact) mass is 433 g/mol. The Balaban J connectivity index is 1.44. The number of phenolic OH excluding ortho intramolecular Hbond substituents is 3. The molecule has 32 heavy (non-hydrogen) atoms. The third-order valence-electron chi connectivity index (χ3n) is 5.39. The largest absolute Gasteiger partial charge is 0.507 e. The van der Waals surface area contributed by atoms with E-state index >= 15 is 0 Å². The number of aromatic hydroxyl groups is 3. The summed E-state index contributed by atoms with van der Waals surface area (Å²) < 4.78 is 1.77. The van der Waals surface area contributed by atoms with Crippen LogP contribution in [0.25, 0.3) is 16.9 Å². The Labute approximate surface area is 186 Å². The Kier molecular flexibility index (Phi) is 6.13. The maximum Gasteiger partial charge on any atom is 0.161 e. The van der Waals surface area contributed by atoms with Crippen molar-refractivity contribution in [2.75, 3.05) is 25.5 Å².